The number of hydrogen-bond acceptors (Lipinski definition) is 5. The van der Waals surface area contributed by atoms with E-state index in [1.54, 1.807) is 31.2 Å². The topological polar surface area (TPSA) is 86.1 Å². The zero-order valence-electron chi connectivity index (χ0n) is 18.7. The molecule has 2 heterocycles. The lowest BCUT2D eigenvalue weighted by molar-refractivity contribution is -0.137. The third kappa shape index (κ3) is 5.98. The molecule has 0 bridgehead atoms. The van der Waals surface area contributed by atoms with Crippen molar-refractivity contribution in [3.63, 3.8) is 0 Å². The zero-order valence-corrected chi connectivity index (χ0v) is 19.5. The van der Waals surface area contributed by atoms with Crippen molar-refractivity contribution in [3.8, 4) is 23.0 Å². The monoisotopic (exact) mass is 534 g/mol. The quantitative estimate of drug-likeness (QED) is 0.399. The van der Waals surface area contributed by atoms with Gasteiger partial charge in [0.1, 0.15) is 0 Å². The number of benzene rings is 1. The first-order valence-electron chi connectivity index (χ1n) is 10.7. The van der Waals surface area contributed by atoms with Gasteiger partial charge in [-0.2, -0.15) is 31.4 Å². The summed E-state index contributed by atoms with van der Waals surface area (Å²) in [5.41, 5.74) is -0.600. The largest absolute Gasteiger partial charge is 0.421 e. The summed E-state index contributed by atoms with van der Waals surface area (Å²) in [5, 5.41) is 4.42. The second-order valence-electron chi connectivity index (χ2n) is 8.31. The number of hydrogen-bond donors (Lipinski definition) is 1. The fourth-order valence-corrected chi connectivity index (χ4v) is 5.09. The Bertz CT molecular complexity index is 1350. The highest BCUT2D eigenvalue weighted by atomic mass is 32.2. The summed E-state index contributed by atoms with van der Waals surface area (Å²) in [4.78, 5) is 3.68. The molecule has 0 radical (unpaired) electrons. The maximum absolute atomic E-state index is 12.8. The molecule has 1 fully saturated rings. The van der Waals surface area contributed by atoms with Crippen LogP contribution >= 0.6 is 0 Å². The number of alkyl halides is 6. The Morgan fingerprint density at radius 2 is 1.81 bits per heavy atom. The van der Waals surface area contributed by atoms with Crippen molar-refractivity contribution in [1.29, 1.82) is 0 Å². The van der Waals surface area contributed by atoms with Crippen molar-refractivity contribution in [3.05, 3.63) is 59.8 Å². The van der Waals surface area contributed by atoms with Gasteiger partial charge in [0.2, 0.25) is 21.8 Å². The number of halogens is 6. The number of pyridine rings is 1. The molecular formula is C22H20F6N4O3S. The van der Waals surface area contributed by atoms with Gasteiger partial charge in [-0.15, -0.1) is 0 Å². The Kier molecular flexibility index (Phi) is 6.54. The fourth-order valence-electron chi connectivity index (χ4n) is 3.66. The molecule has 0 atom stereocenters. The lowest BCUT2D eigenvalue weighted by Gasteiger charge is -2.19. The summed E-state index contributed by atoms with van der Waals surface area (Å²) in [6, 6.07) is 10.0. The van der Waals surface area contributed by atoms with Crippen LogP contribution in [0.25, 0.3) is 11.3 Å². The molecule has 0 unspecified atom stereocenters. The van der Waals surface area contributed by atoms with E-state index in [0.717, 1.165) is 12.1 Å². The first-order chi connectivity index (χ1) is 16.7. The van der Waals surface area contributed by atoms with Crippen LogP contribution in [-0.4, -0.2) is 35.1 Å². The second kappa shape index (κ2) is 9.07. The molecule has 14 heteroatoms. The maximum atomic E-state index is 12.8. The van der Waals surface area contributed by atoms with E-state index in [2.05, 4.69) is 14.8 Å². The molecule has 194 valence electrons. The fraction of sp³-hybridized carbons (Fsp3) is 0.364. The van der Waals surface area contributed by atoms with E-state index < -0.39 is 39.2 Å². The zero-order chi connectivity index (χ0) is 26.4. The molecule has 0 amide bonds. The lowest BCUT2D eigenvalue weighted by Crippen LogP contribution is -2.40. The number of ether oxygens (including phenoxy) is 1. The van der Waals surface area contributed by atoms with E-state index >= 15 is 0 Å². The van der Waals surface area contributed by atoms with Crippen LogP contribution in [0, 0.1) is 0 Å². The molecule has 2 aromatic heterocycles. The average Bonchev–Trinajstić information content (AvgIpc) is 3.42. The third-order valence-electron chi connectivity index (χ3n) is 5.48. The van der Waals surface area contributed by atoms with Crippen LogP contribution in [0.4, 0.5) is 26.3 Å². The van der Waals surface area contributed by atoms with E-state index in [1.807, 2.05) is 0 Å². The minimum absolute atomic E-state index is 0.0751. The predicted octanol–water partition coefficient (Wildman–Crippen LogP) is 5.25. The molecule has 1 N–H and O–H groups in total. The van der Waals surface area contributed by atoms with E-state index in [9.17, 15) is 34.8 Å². The highest BCUT2D eigenvalue weighted by Crippen LogP contribution is 2.47. The number of nitrogens with zero attached hydrogens (tertiary/aromatic N) is 3. The molecule has 0 aliphatic heterocycles. The molecule has 36 heavy (non-hydrogen) atoms. The van der Waals surface area contributed by atoms with Crippen LogP contribution < -0.4 is 9.46 Å². The van der Waals surface area contributed by atoms with Crippen molar-refractivity contribution < 1.29 is 39.5 Å². The van der Waals surface area contributed by atoms with E-state index in [4.69, 9.17) is 4.74 Å². The summed E-state index contributed by atoms with van der Waals surface area (Å²) >= 11 is 0. The standard InChI is InChI=1S/C22H20F6N4O3S/c1-2-32-19(35-18-7-6-16(12-29-18)22(26,27)28)11-17(30-32)14-4-3-5-15(10-14)20(8-9-20)31-36(33,34)13-21(23,24)25/h3-7,10-12,31H,2,8-9,13H2,1H3. The molecule has 7 nitrogen and oxygen atoms in total. The second-order valence-corrected chi connectivity index (χ2v) is 10.0. The van der Waals surface area contributed by atoms with Gasteiger partial charge in [-0.25, -0.2) is 22.8 Å². The number of sulfonamides is 1. The number of aryl methyl sites for hydroxylation is 1. The average molecular weight is 534 g/mol. The normalized spacial score (nSPS) is 15.6. The van der Waals surface area contributed by atoms with Crippen LogP contribution in [0.1, 0.15) is 30.9 Å². The van der Waals surface area contributed by atoms with Gasteiger partial charge in [0.25, 0.3) is 0 Å². The van der Waals surface area contributed by atoms with E-state index in [0.29, 0.717) is 42.4 Å². The van der Waals surface area contributed by atoms with Gasteiger partial charge < -0.3 is 4.74 Å². The number of nitrogens with one attached hydrogen (secondary N) is 1. The number of rotatable bonds is 8. The summed E-state index contributed by atoms with van der Waals surface area (Å²) in [7, 11) is -4.61. The summed E-state index contributed by atoms with van der Waals surface area (Å²) in [6.45, 7) is 2.13. The van der Waals surface area contributed by atoms with Crippen molar-refractivity contribution >= 4 is 10.0 Å². The maximum Gasteiger partial charge on any atom is 0.417 e. The summed E-state index contributed by atoms with van der Waals surface area (Å²) in [5.74, 6) is -1.84. The molecule has 1 saturated carbocycles. The Labute approximate surface area is 202 Å². The van der Waals surface area contributed by atoms with Crippen LogP contribution in [0.2, 0.25) is 0 Å². The van der Waals surface area contributed by atoms with Crippen molar-refractivity contribution in [2.24, 2.45) is 0 Å². The van der Waals surface area contributed by atoms with Crippen LogP contribution in [0.5, 0.6) is 11.8 Å². The summed E-state index contributed by atoms with van der Waals surface area (Å²) in [6.07, 6.45) is -8.07. The van der Waals surface area contributed by atoms with Crippen LogP contribution in [0.3, 0.4) is 0 Å². The highest BCUT2D eigenvalue weighted by molar-refractivity contribution is 7.89. The molecule has 1 aliphatic rings. The molecule has 4 rings (SSSR count). The van der Waals surface area contributed by atoms with Gasteiger partial charge in [0.15, 0.2) is 5.75 Å². The van der Waals surface area contributed by atoms with Crippen molar-refractivity contribution in [2.45, 2.75) is 44.2 Å². The molecule has 0 saturated heterocycles. The van der Waals surface area contributed by atoms with E-state index in [1.165, 1.54) is 10.7 Å². The van der Waals surface area contributed by atoms with Gasteiger partial charge in [0, 0.05) is 30.4 Å². The minimum atomic E-state index is -4.87. The third-order valence-corrected chi connectivity index (χ3v) is 6.89. The smallest absolute Gasteiger partial charge is 0.417 e. The van der Waals surface area contributed by atoms with Gasteiger partial charge in [0.05, 0.1) is 16.8 Å². The Morgan fingerprint density at radius 3 is 2.36 bits per heavy atom. The van der Waals surface area contributed by atoms with Crippen molar-refractivity contribution in [2.75, 3.05) is 5.75 Å². The number of aromatic nitrogens is 3. The molecular weight excluding hydrogens is 514 g/mol. The van der Waals surface area contributed by atoms with E-state index in [-0.39, 0.29) is 11.8 Å². The summed E-state index contributed by atoms with van der Waals surface area (Å²) < 4.78 is 110. The molecule has 0 spiro atoms. The minimum Gasteiger partial charge on any atom is -0.421 e. The SMILES string of the molecule is CCn1nc(-c2cccc(C3(NS(=O)(=O)CC(F)(F)F)CC3)c2)cc1Oc1ccc(C(F)(F)F)cn1. The van der Waals surface area contributed by atoms with Crippen LogP contribution in [-0.2, 0) is 28.3 Å². The molecule has 1 aromatic carbocycles. The van der Waals surface area contributed by atoms with Gasteiger partial charge in [-0.1, -0.05) is 18.2 Å². The Morgan fingerprint density at radius 1 is 1.08 bits per heavy atom. The first kappa shape index (κ1) is 25.9. The first-order valence-corrected chi connectivity index (χ1v) is 12.3. The van der Waals surface area contributed by atoms with Crippen molar-refractivity contribution in [1.82, 2.24) is 19.5 Å². The van der Waals surface area contributed by atoms with Gasteiger partial charge in [-0.05, 0) is 37.5 Å². The van der Waals surface area contributed by atoms with Gasteiger partial charge in [-0.3, -0.25) is 0 Å². The van der Waals surface area contributed by atoms with Gasteiger partial charge >= 0.3 is 12.4 Å². The molecule has 3 aromatic rings. The lowest BCUT2D eigenvalue weighted by atomic mass is 10.0. The Balaban J connectivity index is 1.57. The molecule has 1 aliphatic carbocycles. The highest BCUT2D eigenvalue weighted by Gasteiger charge is 2.49. The predicted molar refractivity (Wildman–Crippen MR) is 117 cm³/mol. The van der Waals surface area contributed by atoms with Crippen LogP contribution in [0.15, 0.2) is 48.7 Å². The Hall–Kier alpha value is -3.13.